The molecule has 0 N–H and O–H groups in total. The first-order chi connectivity index (χ1) is 15.0. The van der Waals surface area contributed by atoms with Gasteiger partial charge >= 0.3 is 29.2 Å². The van der Waals surface area contributed by atoms with Crippen LogP contribution >= 0.6 is 23.5 Å². The first kappa shape index (κ1) is 23.3. The Balaban J connectivity index is 1.23. The number of carbonyl (C=O) groups is 2. The monoisotopic (exact) mass is 512 g/mol. The Morgan fingerprint density at radius 1 is 1.09 bits per heavy atom. The van der Waals surface area contributed by atoms with Crippen LogP contribution in [0.5, 0.6) is 0 Å². The predicted molar refractivity (Wildman–Crippen MR) is 114 cm³/mol. The van der Waals surface area contributed by atoms with E-state index in [0.717, 1.165) is 43.6 Å². The van der Waals surface area contributed by atoms with Gasteiger partial charge in [-0.1, -0.05) is 0 Å². The summed E-state index contributed by atoms with van der Waals surface area (Å²) in [6.45, 7) is 0.520. The van der Waals surface area contributed by atoms with Crippen molar-refractivity contribution in [2.24, 2.45) is 23.2 Å². The van der Waals surface area contributed by atoms with Crippen LogP contribution in [0.4, 0.5) is 8.78 Å². The van der Waals surface area contributed by atoms with Gasteiger partial charge in [-0.05, 0) is 49.9 Å². The topological polar surface area (TPSA) is 88.1 Å². The molecule has 0 aromatic heterocycles. The van der Waals surface area contributed by atoms with Crippen molar-refractivity contribution in [1.82, 2.24) is 0 Å². The van der Waals surface area contributed by atoms with Crippen molar-refractivity contribution in [1.29, 1.82) is 0 Å². The lowest BCUT2D eigenvalue weighted by atomic mass is 9.53. The first-order valence-electron chi connectivity index (χ1n) is 10.8. The van der Waals surface area contributed by atoms with Crippen molar-refractivity contribution >= 4 is 46.8 Å². The van der Waals surface area contributed by atoms with Crippen LogP contribution in [0.15, 0.2) is 0 Å². The van der Waals surface area contributed by atoms with Gasteiger partial charge in [0.1, 0.15) is 5.60 Å². The highest BCUT2D eigenvalue weighted by Crippen LogP contribution is 2.70. The van der Waals surface area contributed by atoms with Crippen LogP contribution in [0.1, 0.15) is 39.0 Å². The summed E-state index contributed by atoms with van der Waals surface area (Å²) >= 11 is 2.26. The normalized spacial score (nSPS) is 45.2. The Bertz CT molecular complexity index is 795. The SMILES string of the molecule is CC(F)(F)C(=O)OCC(=O)OC12CC3CC(C1)C1(SCC4(COS(=O)OC4)CS1)C(C3)C2. The molecule has 180 valence electrons. The summed E-state index contributed by atoms with van der Waals surface area (Å²) in [6.07, 6.45) is 4.46. The molecule has 0 aromatic carbocycles. The highest BCUT2D eigenvalue weighted by atomic mass is 32.2. The third kappa shape index (κ3) is 4.12. The zero-order valence-electron chi connectivity index (χ0n) is 17.6. The number of thioether (sulfide) groups is 2. The molecular formula is C20H26F2O7S3. The third-order valence-electron chi connectivity index (χ3n) is 7.41. The maximum Gasteiger partial charge on any atom is 0.377 e. The summed E-state index contributed by atoms with van der Waals surface area (Å²) in [5.74, 6) is -3.11. The molecule has 2 aliphatic heterocycles. The molecule has 4 bridgehead atoms. The number of alkyl halides is 2. The second-order valence-electron chi connectivity index (χ2n) is 9.99. The summed E-state index contributed by atoms with van der Waals surface area (Å²) in [7, 11) is 0. The van der Waals surface area contributed by atoms with Gasteiger partial charge in [0.2, 0.25) is 0 Å². The van der Waals surface area contributed by atoms with Crippen molar-refractivity contribution in [2.75, 3.05) is 31.3 Å². The van der Waals surface area contributed by atoms with Gasteiger partial charge in [0.05, 0.1) is 17.3 Å². The Morgan fingerprint density at radius 2 is 1.69 bits per heavy atom. The second-order valence-corrected chi connectivity index (χ2v) is 13.6. The van der Waals surface area contributed by atoms with Crippen molar-refractivity contribution < 1.29 is 40.4 Å². The zero-order chi connectivity index (χ0) is 22.8. The molecule has 4 aliphatic carbocycles. The van der Waals surface area contributed by atoms with Crippen LogP contribution in [-0.4, -0.2) is 63.1 Å². The van der Waals surface area contributed by atoms with Crippen molar-refractivity contribution in [3.8, 4) is 0 Å². The lowest BCUT2D eigenvalue weighted by Gasteiger charge is -2.65. The molecule has 6 fully saturated rings. The number of halogens is 2. The van der Waals surface area contributed by atoms with Gasteiger partial charge in [0.25, 0.3) is 0 Å². The van der Waals surface area contributed by atoms with Crippen LogP contribution in [0.2, 0.25) is 0 Å². The minimum absolute atomic E-state index is 0.0609. The highest BCUT2D eigenvalue weighted by molar-refractivity contribution is 8.18. The average Bonchev–Trinajstić information content (AvgIpc) is 2.72. The van der Waals surface area contributed by atoms with E-state index in [4.69, 9.17) is 13.1 Å². The molecule has 2 heterocycles. The van der Waals surface area contributed by atoms with Crippen LogP contribution in [0.25, 0.3) is 0 Å². The van der Waals surface area contributed by atoms with Crippen molar-refractivity contribution in [2.45, 2.75) is 54.6 Å². The summed E-state index contributed by atoms with van der Waals surface area (Å²) in [6, 6.07) is 0. The van der Waals surface area contributed by atoms with Crippen LogP contribution in [0.3, 0.4) is 0 Å². The van der Waals surface area contributed by atoms with E-state index in [1.807, 2.05) is 23.5 Å². The van der Waals surface area contributed by atoms with E-state index in [1.165, 1.54) is 0 Å². The van der Waals surface area contributed by atoms with E-state index in [0.29, 0.717) is 37.9 Å². The number of hydrogen-bond acceptors (Lipinski definition) is 9. The van der Waals surface area contributed by atoms with E-state index in [-0.39, 0.29) is 9.49 Å². The zero-order valence-corrected chi connectivity index (χ0v) is 20.1. The van der Waals surface area contributed by atoms with Gasteiger partial charge in [-0.3, -0.25) is 8.37 Å². The lowest BCUT2D eigenvalue weighted by molar-refractivity contribution is -0.196. The number of carbonyl (C=O) groups excluding carboxylic acids is 2. The maximum atomic E-state index is 13.0. The average molecular weight is 513 g/mol. The largest absolute Gasteiger partial charge is 0.457 e. The summed E-state index contributed by atoms with van der Waals surface area (Å²) in [5.41, 5.74) is -0.720. The van der Waals surface area contributed by atoms with E-state index >= 15 is 0 Å². The Kier molecular flexibility index (Phi) is 5.88. The van der Waals surface area contributed by atoms with Gasteiger partial charge < -0.3 is 9.47 Å². The standard InChI is InChI=1S/C20H26F2O7S3/c1-17(21,22)16(24)26-7-15(23)29-19-4-12-2-13(5-19)20(14(3-12)6-19)30-10-18(11-31-20)8-27-32(25)28-9-18/h12-14H,2-11H2,1H3. The molecule has 2 atom stereocenters. The molecule has 4 saturated carbocycles. The fourth-order valence-corrected chi connectivity index (χ4v) is 11.0. The second kappa shape index (κ2) is 8.07. The number of ether oxygens (including phenoxy) is 2. The molecule has 7 nitrogen and oxygen atoms in total. The van der Waals surface area contributed by atoms with Gasteiger partial charge in [-0.25, -0.2) is 9.59 Å². The molecule has 0 aromatic rings. The Hall–Kier alpha value is -0.430. The molecule has 2 spiro atoms. The third-order valence-corrected chi connectivity index (χ3v) is 12.5. The van der Waals surface area contributed by atoms with Crippen molar-refractivity contribution in [3.63, 3.8) is 0 Å². The molecule has 2 unspecified atom stereocenters. The number of hydrogen-bond donors (Lipinski definition) is 0. The van der Waals surface area contributed by atoms with Gasteiger partial charge in [0.15, 0.2) is 6.61 Å². The summed E-state index contributed by atoms with van der Waals surface area (Å²) < 4.78 is 58.2. The molecule has 32 heavy (non-hydrogen) atoms. The summed E-state index contributed by atoms with van der Waals surface area (Å²) in [5, 5.41) is 0. The highest BCUT2D eigenvalue weighted by Gasteiger charge is 2.66. The minimum Gasteiger partial charge on any atom is -0.457 e. The minimum atomic E-state index is -3.64. The Morgan fingerprint density at radius 3 is 2.25 bits per heavy atom. The van der Waals surface area contributed by atoms with Crippen LogP contribution in [0, 0.1) is 23.2 Å². The Labute approximate surface area is 196 Å². The number of esters is 2. The quantitative estimate of drug-likeness (QED) is 0.527. The molecule has 0 radical (unpaired) electrons. The molecule has 6 aliphatic rings. The van der Waals surface area contributed by atoms with Gasteiger partial charge in [-0.2, -0.15) is 13.0 Å². The van der Waals surface area contributed by atoms with E-state index < -0.39 is 41.4 Å². The van der Waals surface area contributed by atoms with Crippen LogP contribution in [-0.2, 0) is 38.8 Å². The molecule has 12 heteroatoms. The van der Waals surface area contributed by atoms with Gasteiger partial charge in [-0.15, -0.1) is 23.5 Å². The first-order valence-corrected chi connectivity index (χ1v) is 13.7. The van der Waals surface area contributed by atoms with E-state index in [1.54, 1.807) is 0 Å². The predicted octanol–water partition coefficient (Wildman–Crippen LogP) is 3.09. The summed E-state index contributed by atoms with van der Waals surface area (Å²) in [4.78, 5) is 23.6. The smallest absolute Gasteiger partial charge is 0.377 e. The molecule has 6 rings (SSSR count). The maximum absolute atomic E-state index is 13.0. The fourth-order valence-electron chi connectivity index (χ4n) is 6.18. The number of rotatable bonds is 4. The van der Waals surface area contributed by atoms with E-state index in [2.05, 4.69) is 4.74 Å². The van der Waals surface area contributed by atoms with Crippen molar-refractivity contribution in [3.05, 3.63) is 0 Å². The fraction of sp³-hybridized carbons (Fsp3) is 0.900. The molecule has 0 amide bonds. The van der Waals surface area contributed by atoms with E-state index in [9.17, 15) is 22.6 Å². The van der Waals surface area contributed by atoms with Gasteiger partial charge in [0, 0.05) is 23.8 Å². The van der Waals surface area contributed by atoms with Crippen LogP contribution < -0.4 is 0 Å². The molecular weight excluding hydrogens is 486 g/mol. The molecule has 2 saturated heterocycles. The lowest BCUT2D eigenvalue weighted by Crippen LogP contribution is -2.64.